The number of aliphatic hydroxyl groups is 1. The van der Waals surface area contributed by atoms with Crippen LogP contribution >= 0.6 is 15.9 Å². The molecule has 0 heterocycles. The van der Waals surface area contributed by atoms with E-state index in [9.17, 15) is 5.11 Å². The lowest BCUT2D eigenvalue weighted by atomic mass is 10.2. The predicted molar refractivity (Wildman–Crippen MR) is 58.2 cm³/mol. The van der Waals surface area contributed by atoms with Crippen molar-refractivity contribution < 1.29 is 5.11 Å². The zero-order valence-electron chi connectivity index (χ0n) is 6.94. The zero-order chi connectivity index (χ0) is 9.52. The van der Waals surface area contributed by atoms with Gasteiger partial charge in [-0.1, -0.05) is 42.3 Å². The van der Waals surface area contributed by atoms with Gasteiger partial charge in [0.25, 0.3) is 0 Å². The van der Waals surface area contributed by atoms with E-state index in [1.165, 1.54) is 0 Å². The predicted octanol–water partition coefficient (Wildman–Crippen LogP) is 2.42. The third-order valence-corrected chi connectivity index (χ3v) is 1.70. The Kier molecular flexibility index (Phi) is 4.31. The minimum absolute atomic E-state index is 0.709. The van der Waals surface area contributed by atoms with Crippen LogP contribution in [0.5, 0.6) is 0 Å². The van der Waals surface area contributed by atoms with Crippen molar-refractivity contribution in [3.63, 3.8) is 0 Å². The quantitative estimate of drug-likeness (QED) is 0.783. The first-order valence-electron chi connectivity index (χ1n) is 3.85. The molecule has 1 aromatic rings. The molecule has 0 aliphatic rings. The molecule has 0 fully saturated rings. The Hall–Kier alpha value is -1.04. The van der Waals surface area contributed by atoms with Gasteiger partial charge in [-0.15, -0.1) is 0 Å². The number of hydrogen-bond donors (Lipinski definition) is 1. The van der Waals surface area contributed by atoms with Crippen LogP contribution in [0.15, 0.2) is 36.4 Å². The van der Waals surface area contributed by atoms with Crippen LogP contribution in [0.2, 0.25) is 0 Å². The van der Waals surface area contributed by atoms with Gasteiger partial charge in [-0.3, -0.25) is 0 Å². The molecule has 0 aromatic heterocycles. The van der Waals surface area contributed by atoms with Gasteiger partial charge < -0.3 is 5.11 Å². The summed E-state index contributed by atoms with van der Waals surface area (Å²) in [5.74, 6) is 2.55. The second-order valence-corrected chi connectivity index (χ2v) is 2.85. The highest BCUT2D eigenvalue weighted by molar-refractivity contribution is 9.12. The molecular weight excluding hydrogens is 228 g/mol. The molecule has 2 heteroatoms. The van der Waals surface area contributed by atoms with E-state index in [0.29, 0.717) is 0 Å². The van der Waals surface area contributed by atoms with Crippen molar-refractivity contribution >= 4 is 22.0 Å². The molecule has 1 rings (SSSR count). The third kappa shape index (κ3) is 3.93. The van der Waals surface area contributed by atoms with Crippen LogP contribution in [0.4, 0.5) is 0 Å². The summed E-state index contributed by atoms with van der Waals surface area (Å²) < 4.78 is 0. The minimum Gasteiger partial charge on any atom is -0.377 e. The van der Waals surface area contributed by atoms with Crippen molar-refractivity contribution in [3.05, 3.63) is 42.0 Å². The summed E-state index contributed by atoms with van der Waals surface area (Å²) in [6, 6.07) is 9.77. The molecule has 1 unspecified atom stereocenters. The Balaban J connectivity index is 2.62. The monoisotopic (exact) mass is 236 g/mol. The van der Waals surface area contributed by atoms with Crippen LogP contribution in [0.3, 0.4) is 0 Å². The molecular formula is C11H9BrO. The van der Waals surface area contributed by atoms with Gasteiger partial charge in [0, 0.05) is 15.9 Å². The lowest BCUT2D eigenvalue weighted by Gasteiger charge is -1.93. The van der Waals surface area contributed by atoms with Crippen molar-refractivity contribution in [1.82, 2.24) is 0 Å². The average molecular weight is 237 g/mol. The second kappa shape index (κ2) is 5.58. The number of halogens is 1. The average Bonchev–Trinajstić information content (AvgIpc) is 2.17. The third-order valence-electron chi connectivity index (χ3n) is 1.47. The van der Waals surface area contributed by atoms with E-state index < -0.39 is 6.10 Å². The largest absolute Gasteiger partial charge is 0.377 e. The first kappa shape index (κ1) is 10.0. The highest BCUT2D eigenvalue weighted by atomic mass is 79.9. The van der Waals surface area contributed by atoms with Crippen LogP contribution in [-0.2, 0) is 0 Å². The summed E-state index contributed by atoms with van der Waals surface area (Å²) in [6.07, 6.45) is 2.77. The van der Waals surface area contributed by atoms with E-state index in [2.05, 4.69) is 26.7 Å². The molecule has 0 saturated heterocycles. The maximum Gasteiger partial charge on any atom is 0.134 e. The maximum absolute atomic E-state index is 9.22. The smallest absolute Gasteiger partial charge is 0.134 e. The normalized spacial score (nSPS) is 12.2. The van der Waals surface area contributed by atoms with Crippen LogP contribution in [0.25, 0.3) is 6.08 Å². The van der Waals surface area contributed by atoms with Gasteiger partial charge in [-0.05, 0) is 16.5 Å². The van der Waals surface area contributed by atoms with Gasteiger partial charge in [0.2, 0.25) is 0 Å². The highest BCUT2D eigenvalue weighted by Crippen LogP contribution is 2.01. The Morgan fingerprint density at radius 1 is 1.31 bits per heavy atom. The summed E-state index contributed by atoms with van der Waals surface area (Å²) in [7, 11) is 0. The lowest BCUT2D eigenvalue weighted by molar-refractivity contribution is 0.281. The molecule has 1 atom stereocenters. The van der Waals surface area contributed by atoms with E-state index in [0.717, 1.165) is 5.56 Å². The summed E-state index contributed by atoms with van der Waals surface area (Å²) in [5, 5.41) is 9.22. The van der Waals surface area contributed by atoms with Crippen molar-refractivity contribution in [2.75, 3.05) is 0 Å². The lowest BCUT2D eigenvalue weighted by Crippen LogP contribution is -1.95. The fraction of sp³-hybridized carbons (Fsp3) is 0.0909. The Bertz CT molecular complexity index is 332. The van der Waals surface area contributed by atoms with Gasteiger partial charge in [0.1, 0.15) is 6.10 Å². The van der Waals surface area contributed by atoms with E-state index in [1.807, 2.05) is 36.4 Å². The first-order valence-corrected chi connectivity index (χ1v) is 4.64. The highest BCUT2D eigenvalue weighted by Gasteiger charge is 1.89. The van der Waals surface area contributed by atoms with Crippen molar-refractivity contribution in [1.29, 1.82) is 0 Å². The van der Waals surface area contributed by atoms with E-state index in [1.54, 1.807) is 6.08 Å². The summed E-state index contributed by atoms with van der Waals surface area (Å²) in [6.45, 7) is 0. The second-order valence-electron chi connectivity index (χ2n) is 2.45. The van der Waals surface area contributed by atoms with Gasteiger partial charge in [0.15, 0.2) is 0 Å². The van der Waals surface area contributed by atoms with Gasteiger partial charge in [0.05, 0.1) is 0 Å². The molecule has 0 amide bonds. The first-order chi connectivity index (χ1) is 6.33. The summed E-state index contributed by atoms with van der Waals surface area (Å²) >= 11 is 2.92. The Morgan fingerprint density at radius 2 is 2.00 bits per heavy atom. The van der Waals surface area contributed by atoms with Gasteiger partial charge >= 0.3 is 0 Å². The molecule has 0 spiro atoms. The Labute approximate surface area is 86.2 Å². The molecule has 13 heavy (non-hydrogen) atoms. The van der Waals surface area contributed by atoms with E-state index >= 15 is 0 Å². The molecule has 0 aliphatic heterocycles. The number of aliphatic hydroxyl groups excluding tert-OH is 1. The molecule has 0 aliphatic carbocycles. The standard InChI is InChI=1S/C11H9BrO/c12-9-8-11(13)7-6-10-4-2-1-3-5-10/h1-7,11,13H. The Morgan fingerprint density at radius 3 is 2.62 bits per heavy atom. The van der Waals surface area contributed by atoms with Crippen molar-refractivity contribution in [2.24, 2.45) is 0 Å². The fourth-order valence-electron chi connectivity index (χ4n) is 0.870. The fourth-order valence-corrected chi connectivity index (χ4v) is 1.10. The summed E-state index contributed by atoms with van der Waals surface area (Å²) in [5.41, 5.74) is 1.05. The van der Waals surface area contributed by atoms with Crippen molar-refractivity contribution in [2.45, 2.75) is 6.10 Å². The van der Waals surface area contributed by atoms with Crippen LogP contribution < -0.4 is 0 Å². The zero-order valence-corrected chi connectivity index (χ0v) is 8.53. The maximum atomic E-state index is 9.22. The number of benzene rings is 1. The minimum atomic E-state index is -0.709. The number of rotatable bonds is 2. The van der Waals surface area contributed by atoms with Crippen LogP contribution in [-0.4, -0.2) is 11.2 Å². The molecule has 0 saturated carbocycles. The molecule has 0 radical (unpaired) electrons. The van der Waals surface area contributed by atoms with E-state index in [-0.39, 0.29) is 0 Å². The van der Waals surface area contributed by atoms with Gasteiger partial charge in [-0.2, -0.15) is 0 Å². The van der Waals surface area contributed by atoms with Crippen LogP contribution in [0, 0.1) is 10.8 Å². The molecule has 0 bridgehead atoms. The summed E-state index contributed by atoms with van der Waals surface area (Å²) in [4.78, 5) is 2.46. The van der Waals surface area contributed by atoms with E-state index in [4.69, 9.17) is 0 Å². The van der Waals surface area contributed by atoms with Crippen LogP contribution in [0.1, 0.15) is 5.56 Å². The SMILES string of the molecule is OC(C#CBr)C=Cc1ccccc1. The van der Waals surface area contributed by atoms with Crippen molar-refractivity contribution in [3.8, 4) is 10.8 Å². The molecule has 1 nitrogen and oxygen atoms in total. The molecule has 1 N–H and O–H groups in total. The van der Waals surface area contributed by atoms with Gasteiger partial charge in [-0.25, -0.2) is 0 Å². The molecule has 1 aromatic carbocycles. The molecule has 66 valence electrons. The topological polar surface area (TPSA) is 20.2 Å². The number of hydrogen-bond acceptors (Lipinski definition) is 1.